The average Bonchev–Trinajstić information content (AvgIpc) is 2.89. The van der Waals surface area contributed by atoms with Gasteiger partial charge in [0.2, 0.25) is 11.8 Å². The van der Waals surface area contributed by atoms with Crippen LogP contribution >= 0.6 is 0 Å². The monoisotopic (exact) mass is 379 g/mol. The molecule has 2 bridgehead atoms. The lowest BCUT2D eigenvalue weighted by Gasteiger charge is -2.64. The van der Waals surface area contributed by atoms with E-state index in [4.69, 9.17) is 20.8 Å². The first-order chi connectivity index (χ1) is 12.4. The fourth-order valence-electron chi connectivity index (χ4n) is 5.42. The van der Waals surface area contributed by atoms with E-state index in [2.05, 4.69) is 39.9 Å². The largest absolute Gasteiger partial charge is 0.481 e. The highest BCUT2D eigenvalue weighted by molar-refractivity contribution is 6.47. The molecule has 27 heavy (non-hydrogen) atoms. The Morgan fingerprint density at radius 2 is 1.93 bits per heavy atom. The maximum Gasteiger partial charge on any atom is 0.481 e. The lowest BCUT2D eigenvalue weighted by Crippen LogP contribution is -2.65. The van der Waals surface area contributed by atoms with Crippen molar-refractivity contribution in [1.29, 1.82) is 0 Å². The van der Waals surface area contributed by atoms with Gasteiger partial charge in [0.1, 0.15) is 0 Å². The van der Waals surface area contributed by atoms with E-state index >= 15 is 0 Å². The van der Waals surface area contributed by atoms with Crippen molar-refractivity contribution in [3.63, 3.8) is 0 Å². The molecule has 2 amide bonds. The summed E-state index contributed by atoms with van der Waals surface area (Å²) in [6.45, 7) is 11.0. The predicted octanol–water partition coefficient (Wildman–Crippen LogP) is 0.988. The molecule has 4 fully saturated rings. The summed E-state index contributed by atoms with van der Waals surface area (Å²) in [6.07, 6.45) is 2.77. The molecule has 3 aliphatic carbocycles. The van der Waals surface area contributed by atoms with Gasteiger partial charge in [0.15, 0.2) is 0 Å². The van der Waals surface area contributed by atoms with Crippen LogP contribution in [0.2, 0.25) is 0 Å². The van der Waals surface area contributed by atoms with Crippen LogP contribution in [0.15, 0.2) is 0 Å². The number of primary amides is 1. The second-order valence-electron chi connectivity index (χ2n) is 9.86. The van der Waals surface area contributed by atoms with E-state index in [9.17, 15) is 9.59 Å². The van der Waals surface area contributed by atoms with E-state index in [0.717, 1.165) is 6.42 Å². The molecule has 0 aromatic carbocycles. The molecule has 1 saturated heterocycles. The van der Waals surface area contributed by atoms with E-state index in [-0.39, 0.29) is 29.5 Å². The van der Waals surface area contributed by atoms with E-state index in [1.165, 1.54) is 6.42 Å². The second kappa shape index (κ2) is 7.05. The highest BCUT2D eigenvalue weighted by atomic mass is 16.7. The molecule has 3 saturated carbocycles. The topological polar surface area (TPSA) is 117 Å². The quantitative estimate of drug-likeness (QED) is 0.571. The van der Waals surface area contributed by atoms with Crippen molar-refractivity contribution < 1.29 is 18.9 Å². The van der Waals surface area contributed by atoms with Gasteiger partial charge in [-0.25, -0.2) is 0 Å². The van der Waals surface area contributed by atoms with Crippen LogP contribution in [0.4, 0.5) is 0 Å². The third-order valence-corrected chi connectivity index (χ3v) is 7.11. The van der Waals surface area contributed by atoms with Gasteiger partial charge in [-0.05, 0) is 49.4 Å². The zero-order valence-corrected chi connectivity index (χ0v) is 17.2. The molecule has 4 rings (SSSR count). The Labute approximate surface area is 162 Å². The lowest BCUT2D eigenvalue weighted by molar-refractivity contribution is -0.199. The Morgan fingerprint density at radius 1 is 1.26 bits per heavy atom. The summed E-state index contributed by atoms with van der Waals surface area (Å²) < 4.78 is 12.8. The van der Waals surface area contributed by atoms with Crippen LogP contribution in [0.3, 0.4) is 0 Å². The Balaban J connectivity index is 1.71. The second-order valence-corrected chi connectivity index (χ2v) is 9.86. The number of amides is 2. The summed E-state index contributed by atoms with van der Waals surface area (Å²) in [6, 6.07) is -0.955. The fraction of sp³-hybridized carbons (Fsp3) is 0.895. The Bertz CT molecular complexity index is 614. The standard InChI is InChI=1S/C19H34BN3O4/c1-10(2)6-15(23-17(25)12(21)9-16(22)24)20-26-14-8-11-7-13(18(11,3)4)19(14,5)27-20/h10-15H,6-9,21H2,1-5H3,(H2,22,24)(H,23,25)/t11-,12?,13-,14+,15-,19-/m0/s1. The predicted molar refractivity (Wildman–Crippen MR) is 103 cm³/mol. The SMILES string of the molecule is CC(C)C[C@H](NC(=O)C(N)CC(N)=O)B1O[C@@H]2C[C@@H]3C[C@@H](C3(C)C)[C@]2(C)O1. The van der Waals surface area contributed by atoms with E-state index < -0.39 is 25.0 Å². The van der Waals surface area contributed by atoms with Crippen LogP contribution in [-0.2, 0) is 18.9 Å². The molecular weight excluding hydrogens is 345 g/mol. The van der Waals surface area contributed by atoms with E-state index in [0.29, 0.717) is 24.2 Å². The normalized spacial score (nSPS) is 36.0. The maximum atomic E-state index is 12.4. The van der Waals surface area contributed by atoms with Crippen molar-refractivity contribution in [3.05, 3.63) is 0 Å². The number of nitrogens with two attached hydrogens (primary N) is 2. The van der Waals surface area contributed by atoms with Crippen molar-refractivity contribution >= 4 is 18.9 Å². The van der Waals surface area contributed by atoms with Gasteiger partial charge in [-0.1, -0.05) is 27.7 Å². The molecule has 8 heteroatoms. The molecule has 1 heterocycles. The van der Waals surface area contributed by atoms with Crippen LogP contribution in [-0.4, -0.2) is 42.6 Å². The number of hydrogen-bond acceptors (Lipinski definition) is 5. The van der Waals surface area contributed by atoms with Gasteiger partial charge in [-0.3, -0.25) is 9.59 Å². The fourth-order valence-corrected chi connectivity index (χ4v) is 5.42. The van der Waals surface area contributed by atoms with Crippen LogP contribution in [0.5, 0.6) is 0 Å². The number of rotatable bonds is 7. The molecule has 0 aromatic rings. The molecule has 1 unspecified atom stereocenters. The van der Waals surface area contributed by atoms with E-state index in [1.807, 2.05) is 0 Å². The third kappa shape index (κ3) is 3.63. The molecule has 0 radical (unpaired) electrons. The van der Waals surface area contributed by atoms with Crippen molar-refractivity contribution in [2.45, 2.75) is 84.0 Å². The molecule has 5 N–H and O–H groups in total. The highest BCUT2D eigenvalue weighted by Gasteiger charge is 2.68. The summed E-state index contributed by atoms with van der Waals surface area (Å²) in [7, 11) is -0.498. The Kier molecular flexibility index (Phi) is 5.38. The minimum atomic E-state index is -0.955. The van der Waals surface area contributed by atoms with Crippen LogP contribution in [0.25, 0.3) is 0 Å². The maximum absolute atomic E-state index is 12.4. The number of carbonyl (C=O) groups excluding carboxylic acids is 2. The van der Waals surface area contributed by atoms with Gasteiger partial charge in [-0.15, -0.1) is 0 Å². The van der Waals surface area contributed by atoms with Crippen molar-refractivity contribution in [2.24, 2.45) is 34.6 Å². The highest BCUT2D eigenvalue weighted by Crippen LogP contribution is 2.65. The smallest absolute Gasteiger partial charge is 0.404 e. The number of nitrogens with one attached hydrogen (secondary N) is 1. The van der Waals surface area contributed by atoms with Gasteiger partial charge in [0.25, 0.3) is 0 Å². The van der Waals surface area contributed by atoms with Gasteiger partial charge >= 0.3 is 7.12 Å². The first-order valence-electron chi connectivity index (χ1n) is 10.1. The molecule has 7 nitrogen and oxygen atoms in total. The van der Waals surface area contributed by atoms with Crippen molar-refractivity contribution in [2.75, 3.05) is 0 Å². The molecule has 4 aliphatic rings. The van der Waals surface area contributed by atoms with Gasteiger partial charge in [-0.2, -0.15) is 0 Å². The van der Waals surface area contributed by atoms with Crippen LogP contribution in [0.1, 0.15) is 60.3 Å². The van der Waals surface area contributed by atoms with Crippen LogP contribution < -0.4 is 16.8 Å². The summed E-state index contributed by atoms with van der Waals surface area (Å²) in [5, 5.41) is 2.95. The molecule has 0 spiro atoms. The zero-order valence-electron chi connectivity index (χ0n) is 17.2. The van der Waals surface area contributed by atoms with Gasteiger partial charge in [0.05, 0.1) is 30.1 Å². The molecular formula is C19H34BN3O4. The third-order valence-electron chi connectivity index (χ3n) is 7.11. The number of hydrogen-bond donors (Lipinski definition) is 3. The van der Waals surface area contributed by atoms with Crippen molar-refractivity contribution in [1.82, 2.24) is 5.32 Å². The molecule has 1 aliphatic heterocycles. The first kappa shape index (κ1) is 20.6. The Hall–Kier alpha value is -1.12. The summed E-state index contributed by atoms with van der Waals surface area (Å²) in [5.74, 6) is 0.189. The van der Waals surface area contributed by atoms with Gasteiger partial charge < -0.3 is 26.1 Å². The summed E-state index contributed by atoms with van der Waals surface area (Å²) in [4.78, 5) is 23.5. The first-order valence-corrected chi connectivity index (χ1v) is 10.1. The molecule has 0 aromatic heterocycles. The average molecular weight is 379 g/mol. The summed E-state index contributed by atoms with van der Waals surface area (Å²) in [5.41, 5.74) is 10.9. The van der Waals surface area contributed by atoms with Crippen LogP contribution in [0, 0.1) is 23.2 Å². The zero-order chi connectivity index (χ0) is 20.1. The van der Waals surface area contributed by atoms with Crippen molar-refractivity contribution in [3.8, 4) is 0 Å². The van der Waals surface area contributed by atoms with E-state index in [1.54, 1.807) is 0 Å². The Morgan fingerprint density at radius 3 is 2.48 bits per heavy atom. The molecule has 152 valence electrons. The minimum absolute atomic E-state index is 0.0603. The minimum Gasteiger partial charge on any atom is -0.404 e. The number of carbonyl (C=O) groups is 2. The molecule has 6 atom stereocenters. The van der Waals surface area contributed by atoms with Gasteiger partial charge in [0, 0.05) is 0 Å². The summed E-state index contributed by atoms with van der Waals surface area (Å²) >= 11 is 0. The lowest BCUT2D eigenvalue weighted by atomic mass is 9.43.